The predicted molar refractivity (Wildman–Crippen MR) is 77.4 cm³/mol. The number of aromatic amines is 1. The third-order valence-electron chi connectivity index (χ3n) is 3.41. The number of H-pyrrole nitrogens is 1. The van der Waals surface area contributed by atoms with E-state index in [2.05, 4.69) is 4.98 Å². The molecular weight excluding hydrogens is 368 g/mol. The molecule has 0 fully saturated rings. The molecule has 10 heteroatoms. The molecule has 0 radical (unpaired) electrons. The van der Waals surface area contributed by atoms with Gasteiger partial charge >= 0.3 is 17.1 Å². The Balaban J connectivity index is 0.000000431. The van der Waals surface area contributed by atoms with Gasteiger partial charge in [0, 0.05) is 0 Å². The van der Waals surface area contributed by atoms with Gasteiger partial charge in [-0.15, -0.1) is 10.2 Å². The smallest absolute Gasteiger partial charge is 0.427 e. The van der Waals surface area contributed by atoms with Gasteiger partial charge in [0.15, 0.2) is 5.56 Å². The molecule has 138 valence electrons. The van der Waals surface area contributed by atoms with Crippen LogP contribution in [0.1, 0.15) is 16.9 Å². The first-order valence-corrected chi connectivity index (χ1v) is 8.52. The number of hydrogen-bond acceptors (Lipinski definition) is 7. The van der Waals surface area contributed by atoms with Crippen LogP contribution in [-0.2, 0) is 6.54 Å². The van der Waals surface area contributed by atoms with Crippen LogP contribution in [0, 0.1) is 24.1 Å². The fourth-order valence-corrected chi connectivity index (χ4v) is 2.45. The summed E-state index contributed by atoms with van der Waals surface area (Å²) in [6.07, 6.45) is 0. The first-order chi connectivity index (χ1) is 12.1. The maximum atomic E-state index is 12.6. The molecule has 2 heterocycles. The molecule has 1 aromatic rings. The lowest BCUT2D eigenvalue weighted by atomic mass is 10.1. The second kappa shape index (κ2) is 7.77. The van der Waals surface area contributed by atoms with Crippen molar-refractivity contribution in [3.05, 3.63) is 74.1 Å². The average Bonchev–Trinajstić information content (AvgIpc) is 2.50. The summed E-state index contributed by atoms with van der Waals surface area (Å²) in [5.41, 5.74) is 1.29. The van der Waals surface area contributed by atoms with Gasteiger partial charge in [-0.1, -0.05) is 30.3 Å². The SMILES string of the molecule is Cc1cc(C)c2c(=O)n(Cc3ccccc3)c(=O)[nH+]c-2o1.[O-][Cl+3]([O-])([O-])[O-]. The number of nitrogens with one attached hydrogen (secondary N) is 1. The number of fused-ring (bicyclic) bond motifs is 1. The maximum Gasteiger partial charge on any atom is 0.502 e. The number of aromatic nitrogens is 2. The summed E-state index contributed by atoms with van der Waals surface area (Å²) in [7, 11) is -4.94. The molecule has 9 nitrogen and oxygen atoms in total. The zero-order chi connectivity index (χ0) is 19.5. The van der Waals surface area contributed by atoms with E-state index < -0.39 is 15.9 Å². The molecule has 0 saturated carbocycles. The molecule has 0 amide bonds. The van der Waals surface area contributed by atoms with Gasteiger partial charge in [0.2, 0.25) is 0 Å². The van der Waals surface area contributed by atoms with Gasteiger partial charge in [0.1, 0.15) is 12.3 Å². The highest BCUT2D eigenvalue weighted by Gasteiger charge is 2.25. The van der Waals surface area contributed by atoms with E-state index in [1.807, 2.05) is 37.3 Å². The highest BCUT2D eigenvalue weighted by molar-refractivity contribution is 5.55. The molecule has 2 aliphatic rings. The van der Waals surface area contributed by atoms with E-state index in [4.69, 9.17) is 23.1 Å². The third kappa shape index (κ3) is 5.22. The second-order valence-electron chi connectivity index (χ2n) is 5.43. The lowest BCUT2D eigenvalue weighted by Gasteiger charge is -2.17. The van der Waals surface area contributed by atoms with Crippen molar-refractivity contribution in [2.24, 2.45) is 0 Å². The number of rotatable bonds is 2. The average molecular weight is 383 g/mol. The monoisotopic (exact) mass is 382 g/mol. The highest BCUT2D eigenvalue weighted by Crippen LogP contribution is 2.18. The zero-order valence-electron chi connectivity index (χ0n) is 13.9. The van der Waals surface area contributed by atoms with Crippen molar-refractivity contribution in [2.45, 2.75) is 20.4 Å². The van der Waals surface area contributed by atoms with Crippen molar-refractivity contribution in [3.8, 4) is 11.5 Å². The van der Waals surface area contributed by atoms with Crippen LogP contribution in [0.25, 0.3) is 11.5 Å². The molecule has 1 aromatic carbocycles. The molecule has 0 spiro atoms. The first kappa shape index (κ1) is 19.8. The molecule has 0 aromatic heterocycles. The maximum absolute atomic E-state index is 12.6. The number of hydrogen-bond donors (Lipinski definition) is 0. The molecular formula is C16H15ClN2O7. The van der Waals surface area contributed by atoms with Gasteiger partial charge in [0.05, 0.1) is 0 Å². The summed E-state index contributed by atoms with van der Waals surface area (Å²) < 4.78 is 40.6. The van der Waals surface area contributed by atoms with E-state index >= 15 is 0 Å². The molecule has 2 aliphatic heterocycles. The predicted octanol–water partition coefficient (Wildman–Crippen LogP) is -3.37. The van der Waals surface area contributed by atoms with E-state index in [-0.39, 0.29) is 18.0 Å². The fourth-order valence-electron chi connectivity index (χ4n) is 2.45. The summed E-state index contributed by atoms with van der Waals surface area (Å²) in [6.45, 7) is 3.84. The van der Waals surface area contributed by atoms with Gasteiger partial charge < -0.3 is 4.42 Å². The lowest BCUT2D eigenvalue weighted by Crippen LogP contribution is -2.68. The Kier molecular flexibility index (Phi) is 5.90. The molecule has 0 atom stereocenters. The van der Waals surface area contributed by atoms with Crippen LogP contribution in [0.2, 0.25) is 0 Å². The van der Waals surface area contributed by atoms with E-state index in [9.17, 15) is 9.59 Å². The topological polar surface area (TPSA) is 159 Å². The van der Waals surface area contributed by atoms with Crippen LogP contribution in [0.3, 0.4) is 0 Å². The number of nitrogens with zero attached hydrogens (tertiary/aromatic N) is 1. The summed E-state index contributed by atoms with van der Waals surface area (Å²) in [5, 5.41) is 0. The van der Waals surface area contributed by atoms with Crippen molar-refractivity contribution in [2.75, 3.05) is 0 Å². The van der Waals surface area contributed by atoms with E-state index in [0.29, 0.717) is 11.3 Å². The Morgan fingerprint density at radius 3 is 2.23 bits per heavy atom. The van der Waals surface area contributed by atoms with Crippen LogP contribution < -0.4 is 34.9 Å². The quantitative estimate of drug-likeness (QED) is 0.447. The van der Waals surface area contributed by atoms with Crippen LogP contribution in [-0.4, -0.2) is 4.57 Å². The molecule has 0 bridgehead atoms. The molecule has 0 saturated heterocycles. The van der Waals surface area contributed by atoms with Gasteiger partial charge in [-0.25, -0.2) is 23.4 Å². The molecule has 3 rings (SSSR count). The van der Waals surface area contributed by atoms with Crippen molar-refractivity contribution < 1.29 is 38.3 Å². The van der Waals surface area contributed by atoms with Crippen molar-refractivity contribution in [1.82, 2.24) is 4.57 Å². The van der Waals surface area contributed by atoms with Crippen LogP contribution in [0.5, 0.6) is 0 Å². The van der Waals surface area contributed by atoms with Gasteiger partial charge in [-0.05, 0) is 31.0 Å². The first-order valence-electron chi connectivity index (χ1n) is 7.29. The van der Waals surface area contributed by atoms with Gasteiger partial charge in [-0.2, -0.15) is 14.3 Å². The zero-order valence-corrected chi connectivity index (χ0v) is 14.6. The van der Waals surface area contributed by atoms with Gasteiger partial charge in [0.25, 0.3) is 0 Å². The van der Waals surface area contributed by atoms with Crippen LogP contribution in [0.15, 0.2) is 50.4 Å². The van der Waals surface area contributed by atoms with Gasteiger partial charge in [-0.3, -0.25) is 0 Å². The molecule has 1 N–H and O–H groups in total. The van der Waals surface area contributed by atoms with Crippen molar-refractivity contribution >= 4 is 0 Å². The standard InChI is InChI=1S/C16H14N2O3.ClHO4/c1-10-8-11(2)21-14-13(10)15(19)18(16(20)17-14)9-12-6-4-3-5-7-12;2-1(3,4)5/h3-8H,9H2,1-2H3;(H,2,3,4,5). The van der Waals surface area contributed by atoms with E-state index in [1.54, 1.807) is 13.0 Å². The summed E-state index contributed by atoms with van der Waals surface area (Å²) in [5.74, 6) is 0.877. The molecule has 0 aliphatic carbocycles. The Morgan fingerprint density at radius 1 is 1.08 bits per heavy atom. The lowest BCUT2D eigenvalue weighted by molar-refractivity contribution is -2.00. The number of aryl methyl sites for hydroxylation is 2. The summed E-state index contributed by atoms with van der Waals surface area (Å²) in [4.78, 5) is 27.3. The van der Waals surface area contributed by atoms with E-state index in [1.165, 1.54) is 4.57 Å². The Morgan fingerprint density at radius 2 is 1.65 bits per heavy atom. The molecule has 0 unspecified atom stereocenters. The Bertz CT molecular complexity index is 971. The fraction of sp³-hybridized carbons (Fsp3) is 0.188. The minimum absolute atomic E-state index is 0.229. The molecule has 26 heavy (non-hydrogen) atoms. The normalized spacial score (nSPS) is 11.2. The second-order valence-corrected chi connectivity index (χ2v) is 6.19. The Hall–Kier alpha value is -2.56. The third-order valence-corrected chi connectivity index (χ3v) is 3.41. The number of halogens is 1. The highest BCUT2D eigenvalue weighted by atomic mass is 35.7. The van der Waals surface area contributed by atoms with Crippen LogP contribution >= 0.6 is 0 Å². The number of benzene rings is 1. The summed E-state index contributed by atoms with van der Waals surface area (Å²) in [6, 6.07) is 11.2. The van der Waals surface area contributed by atoms with E-state index in [0.717, 1.165) is 11.1 Å². The van der Waals surface area contributed by atoms with Crippen molar-refractivity contribution in [1.29, 1.82) is 0 Å². The summed E-state index contributed by atoms with van der Waals surface area (Å²) >= 11 is 0. The van der Waals surface area contributed by atoms with Crippen LogP contribution in [0.4, 0.5) is 0 Å². The minimum Gasteiger partial charge on any atom is -0.427 e. The minimum atomic E-state index is -4.94. The Labute approximate surface area is 149 Å². The van der Waals surface area contributed by atoms with Crippen molar-refractivity contribution in [3.63, 3.8) is 0 Å². The largest absolute Gasteiger partial charge is 0.502 e.